The molecule has 3 heterocycles. The third-order valence-corrected chi connectivity index (χ3v) is 4.87. The van der Waals surface area contributed by atoms with E-state index in [1.165, 1.54) is 31.5 Å². The minimum atomic E-state index is -3.19. The van der Waals surface area contributed by atoms with Crippen LogP contribution in [-0.4, -0.2) is 28.6 Å². The van der Waals surface area contributed by atoms with Crippen LogP contribution in [0.4, 0.5) is 23.4 Å². The fourth-order valence-corrected chi connectivity index (χ4v) is 3.45. The summed E-state index contributed by atoms with van der Waals surface area (Å²) in [7, 11) is 1.41. The third-order valence-electron chi connectivity index (χ3n) is 4.87. The smallest absolute Gasteiger partial charge is 0.303 e. The van der Waals surface area contributed by atoms with E-state index in [9.17, 15) is 17.6 Å². The van der Waals surface area contributed by atoms with Gasteiger partial charge in [-0.05, 0) is 23.8 Å². The van der Waals surface area contributed by atoms with Crippen LogP contribution in [0.15, 0.2) is 30.5 Å². The van der Waals surface area contributed by atoms with E-state index in [-0.39, 0.29) is 17.1 Å². The first-order chi connectivity index (χ1) is 13.8. The molecule has 1 aliphatic heterocycles. The highest BCUT2D eigenvalue weighted by molar-refractivity contribution is 5.64. The summed E-state index contributed by atoms with van der Waals surface area (Å²) in [6.07, 6.45) is 1.75. The summed E-state index contributed by atoms with van der Waals surface area (Å²) in [5, 5.41) is 0. The topological polar surface area (TPSA) is 54.0 Å². The number of anilines is 1. The summed E-state index contributed by atoms with van der Waals surface area (Å²) in [5.74, 6) is -4.57. The molecule has 4 rings (SSSR count). The van der Waals surface area contributed by atoms with Gasteiger partial charge in [0.1, 0.15) is 11.6 Å². The summed E-state index contributed by atoms with van der Waals surface area (Å²) in [4.78, 5) is 12.6. The normalized spacial score (nSPS) is 14.1. The van der Waals surface area contributed by atoms with E-state index in [2.05, 4.69) is 15.0 Å². The minimum absolute atomic E-state index is 0.124. The molecule has 2 aromatic heterocycles. The number of aromatic amines is 1. The van der Waals surface area contributed by atoms with Crippen molar-refractivity contribution in [1.29, 1.82) is 0 Å². The largest absolute Gasteiger partial charge is 0.491 e. The van der Waals surface area contributed by atoms with E-state index in [0.717, 1.165) is 18.2 Å². The van der Waals surface area contributed by atoms with Crippen molar-refractivity contribution in [2.75, 3.05) is 18.6 Å². The zero-order valence-corrected chi connectivity index (χ0v) is 15.8. The predicted octanol–water partition coefficient (Wildman–Crippen LogP) is 4.43. The number of methoxy groups -OCH3 is 1. The average Bonchev–Trinajstić information content (AvgIpc) is 3.09. The van der Waals surface area contributed by atoms with Gasteiger partial charge in [0, 0.05) is 32.1 Å². The van der Waals surface area contributed by atoms with E-state index >= 15 is 0 Å². The lowest BCUT2D eigenvalue weighted by atomic mass is 10.1. The summed E-state index contributed by atoms with van der Waals surface area (Å²) in [6.45, 7) is 1.52. The van der Waals surface area contributed by atoms with Crippen LogP contribution in [0.3, 0.4) is 0 Å². The van der Waals surface area contributed by atoms with E-state index in [0.29, 0.717) is 25.2 Å². The molecular weight excluding hydrogens is 388 g/mol. The Bertz CT molecular complexity index is 1040. The molecule has 0 unspecified atom stereocenters. The second kappa shape index (κ2) is 7.06. The summed E-state index contributed by atoms with van der Waals surface area (Å²) in [5.41, 5.74) is 1.86. The van der Waals surface area contributed by atoms with Crippen LogP contribution in [-0.2, 0) is 18.9 Å². The fourth-order valence-electron chi connectivity index (χ4n) is 3.45. The molecule has 152 valence electrons. The Kier molecular flexibility index (Phi) is 4.68. The maximum atomic E-state index is 14.1. The average molecular weight is 406 g/mol. The van der Waals surface area contributed by atoms with E-state index in [4.69, 9.17) is 4.74 Å². The first kappa shape index (κ1) is 19.2. The van der Waals surface area contributed by atoms with Gasteiger partial charge in [-0.1, -0.05) is 6.07 Å². The van der Waals surface area contributed by atoms with Crippen LogP contribution >= 0.6 is 0 Å². The van der Waals surface area contributed by atoms with E-state index in [1.807, 2.05) is 0 Å². The number of aromatic nitrogens is 3. The summed E-state index contributed by atoms with van der Waals surface area (Å²) in [6, 6.07) is 5.37. The number of alkyl halides is 2. The molecule has 0 radical (unpaired) electrons. The quantitative estimate of drug-likeness (QED) is 0.652. The van der Waals surface area contributed by atoms with Crippen molar-refractivity contribution in [1.82, 2.24) is 15.0 Å². The number of hydrogen-bond acceptors (Lipinski definition) is 4. The van der Waals surface area contributed by atoms with Crippen LogP contribution in [0.2, 0.25) is 0 Å². The number of H-pyrrole nitrogens is 1. The first-order valence-electron chi connectivity index (χ1n) is 8.97. The van der Waals surface area contributed by atoms with Crippen molar-refractivity contribution in [2.45, 2.75) is 25.8 Å². The highest BCUT2D eigenvalue weighted by Gasteiger charge is 2.31. The van der Waals surface area contributed by atoms with Gasteiger partial charge in [0.05, 0.1) is 24.6 Å². The lowest BCUT2D eigenvalue weighted by Crippen LogP contribution is -2.31. The number of ether oxygens (including phenoxy) is 1. The van der Waals surface area contributed by atoms with E-state index < -0.39 is 23.4 Å². The first-order valence-corrected chi connectivity index (χ1v) is 8.97. The highest BCUT2D eigenvalue weighted by atomic mass is 19.3. The number of nitrogens with one attached hydrogen (secondary N) is 1. The molecule has 0 saturated heterocycles. The van der Waals surface area contributed by atoms with Crippen LogP contribution in [0, 0.1) is 11.6 Å². The standard InChI is InChI=1S/C20H18F4N4O/c1-20(23,24)19-25-9-16(29-2)18(27-19)28-7-6-14-11(10-28)8-15(26-14)17-12(21)4-3-5-13(17)22/h3-5,8-9,26H,6-7,10H2,1-2H3. The van der Waals surface area contributed by atoms with Crippen molar-refractivity contribution in [3.63, 3.8) is 0 Å². The minimum Gasteiger partial charge on any atom is -0.491 e. The highest BCUT2D eigenvalue weighted by Crippen LogP contribution is 2.35. The van der Waals surface area contributed by atoms with Gasteiger partial charge in [0.2, 0.25) is 5.82 Å². The zero-order chi connectivity index (χ0) is 20.8. The van der Waals surface area contributed by atoms with Crippen LogP contribution in [0.25, 0.3) is 11.3 Å². The number of fused-ring (bicyclic) bond motifs is 1. The van der Waals surface area contributed by atoms with Crippen LogP contribution in [0.1, 0.15) is 24.0 Å². The number of halogens is 4. The molecule has 1 aliphatic rings. The maximum Gasteiger partial charge on any atom is 0.303 e. The molecule has 3 aromatic rings. The molecule has 0 aliphatic carbocycles. The zero-order valence-electron chi connectivity index (χ0n) is 15.8. The molecule has 0 bridgehead atoms. The molecular formula is C20H18F4N4O. The summed E-state index contributed by atoms with van der Waals surface area (Å²) >= 11 is 0. The number of benzene rings is 1. The Labute approximate surface area is 164 Å². The molecule has 0 saturated carbocycles. The van der Waals surface area contributed by atoms with Gasteiger partial charge in [0.25, 0.3) is 0 Å². The molecule has 0 amide bonds. The Morgan fingerprint density at radius 2 is 1.93 bits per heavy atom. The van der Waals surface area contributed by atoms with Crippen molar-refractivity contribution >= 4 is 5.82 Å². The van der Waals surface area contributed by atoms with Crippen molar-refractivity contribution in [2.24, 2.45) is 0 Å². The second-order valence-corrected chi connectivity index (χ2v) is 6.93. The van der Waals surface area contributed by atoms with Gasteiger partial charge >= 0.3 is 5.92 Å². The number of nitrogens with zero attached hydrogens (tertiary/aromatic N) is 3. The maximum absolute atomic E-state index is 14.1. The fraction of sp³-hybridized carbons (Fsp3) is 0.300. The van der Waals surface area contributed by atoms with Gasteiger partial charge in [-0.2, -0.15) is 8.78 Å². The summed E-state index contributed by atoms with van der Waals surface area (Å²) < 4.78 is 60.9. The molecule has 1 aromatic carbocycles. The Morgan fingerprint density at radius 1 is 1.21 bits per heavy atom. The van der Waals surface area contributed by atoms with Crippen LogP contribution in [0.5, 0.6) is 5.75 Å². The SMILES string of the molecule is COc1cnc(C(C)(F)F)nc1N1CCc2[nH]c(-c3c(F)cccc3F)cc2C1. The van der Waals surface area contributed by atoms with Gasteiger partial charge in [-0.25, -0.2) is 18.7 Å². The molecule has 1 N–H and O–H groups in total. The monoisotopic (exact) mass is 406 g/mol. The molecule has 5 nitrogen and oxygen atoms in total. The number of rotatable bonds is 4. The number of hydrogen-bond donors (Lipinski definition) is 1. The lowest BCUT2D eigenvalue weighted by Gasteiger charge is -2.29. The molecule has 29 heavy (non-hydrogen) atoms. The van der Waals surface area contributed by atoms with Gasteiger partial charge in [-0.15, -0.1) is 0 Å². The Hall–Kier alpha value is -3.10. The second-order valence-electron chi connectivity index (χ2n) is 6.93. The lowest BCUT2D eigenvalue weighted by molar-refractivity contribution is 0.00765. The van der Waals surface area contributed by atoms with Gasteiger partial charge in [0.15, 0.2) is 11.6 Å². The van der Waals surface area contributed by atoms with Crippen LogP contribution < -0.4 is 9.64 Å². The molecule has 9 heteroatoms. The van der Waals surface area contributed by atoms with E-state index in [1.54, 1.807) is 11.0 Å². The van der Waals surface area contributed by atoms with Crippen molar-refractivity contribution < 1.29 is 22.3 Å². The van der Waals surface area contributed by atoms with Crippen molar-refractivity contribution in [3.05, 3.63) is 59.2 Å². The third kappa shape index (κ3) is 3.52. The predicted molar refractivity (Wildman–Crippen MR) is 99.1 cm³/mol. The Balaban J connectivity index is 1.69. The Morgan fingerprint density at radius 3 is 2.59 bits per heavy atom. The van der Waals surface area contributed by atoms with Gasteiger partial charge in [-0.3, -0.25) is 0 Å². The van der Waals surface area contributed by atoms with Gasteiger partial charge < -0.3 is 14.6 Å². The van der Waals surface area contributed by atoms with Crippen molar-refractivity contribution in [3.8, 4) is 17.0 Å². The molecule has 0 fully saturated rings. The molecule has 0 atom stereocenters. The molecule has 0 spiro atoms.